The van der Waals surface area contributed by atoms with Crippen LogP contribution in [0.2, 0.25) is 0 Å². The summed E-state index contributed by atoms with van der Waals surface area (Å²) in [6.45, 7) is 0. The van der Waals surface area contributed by atoms with Crippen molar-refractivity contribution in [3.05, 3.63) is 78.4 Å². The van der Waals surface area contributed by atoms with Gasteiger partial charge in [-0.2, -0.15) is 4.72 Å². The zero-order chi connectivity index (χ0) is 20.9. The Morgan fingerprint density at radius 2 is 1.76 bits per heavy atom. The molecule has 4 N–H and O–H groups in total. The lowest BCUT2D eigenvalue weighted by atomic mass is 10.2. The Morgan fingerprint density at radius 3 is 2.34 bits per heavy atom. The fourth-order valence-corrected chi connectivity index (χ4v) is 3.75. The number of imidazole rings is 1. The van der Waals surface area contributed by atoms with E-state index in [1.807, 2.05) is 0 Å². The monoisotopic (exact) mass is 414 g/mol. The van der Waals surface area contributed by atoms with Crippen molar-refractivity contribution in [2.24, 2.45) is 0 Å². The predicted octanol–water partition coefficient (Wildman–Crippen LogP) is 1.64. The fraction of sp³-hybridized carbons (Fsp3) is 0.105. The normalized spacial score (nSPS) is 12.3. The number of sulfonamides is 1. The van der Waals surface area contributed by atoms with Crippen LogP contribution in [0.15, 0.2) is 72.0 Å². The topological polar surface area (TPSA) is 141 Å². The molecule has 2 aromatic carbocycles. The summed E-state index contributed by atoms with van der Waals surface area (Å²) < 4.78 is 27.3. The molecule has 3 aromatic rings. The van der Waals surface area contributed by atoms with Crippen LogP contribution in [0, 0.1) is 0 Å². The van der Waals surface area contributed by atoms with Crippen molar-refractivity contribution < 1.29 is 23.1 Å². The molecule has 1 amide bonds. The summed E-state index contributed by atoms with van der Waals surface area (Å²) in [5.41, 5.74) is 1.36. The third-order valence-electron chi connectivity index (χ3n) is 4.03. The van der Waals surface area contributed by atoms with Crippen LogP contribution in [0.4, 0.5) is 5.69 Å². The molecule has 1 heterocycles. The highest BCUT2D eigenvalue weighted by atomic mass is 32.2. The van der Waals surface area contributed by atoms with Crippen molar-refractivity contribution in [3.63, 3.8) is 0 Å². The molecule has 0 fully saturated rings. The second kappa shape index (κ2) is 8.67. The van der Waals surface area contributed by atoms with Crippen LogP contribution in [-0.4, -0.2) is 41.4 Å². The smallest absolute Gasteiger partial charge is 0.322 e. The second-order valence-corrected chi connectivity index (χ2v) is 7.85. The summed E-state index contributed by atoms with van der Waals surface area (Å²) in [6, 6.07) is 12.7. The molecule has 150 valence electrons. The predicted molar refractivity (Wildman–Crippen MR) is 105 cm³/mol. The van der Waals surface area contributed by atoms with Crippen molar-refractivity contribution >= 4 is 27.6 Å². The molecule has 0 spiro atoms. The Bertz CT molecular complexity index is 1080. The number of carbonyl (C=O) groups excluding carboxylic acids is 1. The zero-order valence-electron chi connectivity index (χ0n) is 15.1. The molecule has 0 aliphatic carbocycles. The molecule has 0 bridgehead atoms. The molecule has 0 aliphatic heterocycles. The summed E-state index contributed by atoms with van der Waals surface area (Å²) in [4.78, 5) is 30.0. The molecule has 1 unspecified atom stereocenters. The lowest BCUT2D eigenvalue weighted by molar-refractivity contribution is -0.138. The highest BCUT2D eigenvalue weighted by Gasteiger charge is 2.26. The number of carbonyl (C=O) groups is 2. The van der Waals surface area contributed by atoms with Crippen molar-refractivity contribution in [3.8, 4) is 0 Å². The lowest BCUT2D eigenvalue weighted by Crippen LogP contribution is -2.42. The summed E-state index contributed by atoms with van der Waals surface area (Å²) in [7, 11) is -4.08. The van der Waals surface area contributed by atoms with E-state index >= 15 is 0 Å². The van der Waals surface area contributed by atoms with E-state index in [-0.39, 0.29) is 17.2 Å². The molecule has 29 heavy (non-hydrogen) atoms. The van der Waals surface area contributed by atoms with E-state index in [0.717, 1.165) is 0 Å². The molecular weight excluding hydrogens is 396 g/mol. The van der Waals surface area contributed by atoms with Gasteiger partial charge in [-0.1, -0.05) is 18.2 Å². The van der Waals surface area contributed by atoms with Gasteiger partial charge in [0.05, 0.1) is 11.2 Å². The number of aromatic amines is 1. The first-order valence-corrected chi connectivity index (χ1v) is 10.0. The minimum absolute atomic E-state index is 0.0836. The van der Waals surface area contributed by atoms with Crippen molar-refractivity contribution in [1.82, 2.24) is 14.7 Å². The van der Waals surface area contributed by atoms with Gasteiger partial charge < -0.3 is 15.4 Å². The van der Waals surface area contributed by atoms with E-state index < -0.39 is 22.0 Å². The third-order valence-corrected chi connectivity index (χ3v) is 5.52. The van der Waals surface area contributed by atoms with Crippen LogP contribution in [-0.2, 0) is 21.2 Å². The zero-order valence-corrected chi connectivity index (χ0v) is 15.9. The van der Waals surface area contributed by atoms with Gasteiger partial charge in [0.15, 0.2) is 0 Å². The number of carboxylic acids is 1. The van der Waals surface area contributed by atoms with E-state index in [9.17, 15) is 23.1 Å². The molecule has 1 atom stereocenters. The van der Waals surface area contributed by atoms with Crippen molar-refractivity contribution in [1.29, 1.82) is 0 Å². The van der Waals surface area contributed by atoms with Gasteiger partial charge in [0.2, 0.25) is 10.0 Å². The van der Waals surface area contributed by atoms with Crippen LogP contribution in [0.3, 0.4) is 0 Å². The van der Waals surface area contributed by atoms with Crippen LogP contribution >= 0.6 is 0 Å². The number of nitrogens with one attached hydrogen (secondary N) is 3. The van der Waals surface area contributed by atoms with E-state index in [4.69, 9.17) is 0 Å². The summed E-state index contributed by atoms with van der Waals surface area (Å²) in [5.74, 6) is -1.64. The van der Waals surface area contributed by atoms with Gasteiger partial charge in [-0.15, -0.1) is 0 Å². The van der Waals surface area contributed by atoms with Crippen LogP contribution in [0.25, 0.3) is 0 Å². The highest BCUT2D eigenvalue weighted by Crippen LogP contribution is 2.16. The number of hydrogen-bond donors (Lipinski definition) is 4. The van der Waals surface area contributed by atoms with Gasteiger partial charge in [-0.25, -0.2) is 13.4 Å². The standard InChI is InChI=1S/C19H18N4O5S/c24-18(13-4-2-1-3-5-13)22-14-6-8-16(9-7-14)29(27,28)23-17(19(25)26)10-15-11-20-12-21-15/h1-9,11-12,17,23H,10H2,(H,20,21)(H,22,24)(H,25,26). The lowest BCUT2D eigenvalue weighted by Gasteiger charge is -2.14. The first-order chi connectivity index (χ1) is 13.8. The fourth-order valence-electron chi connectivity index (χ4n) is 2.56. The maximum absolute atomic E-state index is 12.5. The van der Waals surface area contributed by atoms with E-state index in [2.05, 4.69) is 20.0 Å². The van der Waals surface area contributed by atoms with Crippen molar-refractivity contribution in [2.45, 2.75) is 17.4 Å². The summed E-state index contributed by atoms with van der Waals surface area (Å²) in [6.07, 6.45) is 2.72. The molecule has 1 aromatic heterocycles. The van der Waals surface area contributed by atoms with E-state index in [1.165, 1.54) is 36.8 Å². The number of aromatic nitrogens is 2. The Kier molecular flexibility index (Phi) is 6.05. The molecule has 10 heteroatoms. The third kappa shape index (κ3) is 5.27. The van der Waals surface area contributed by atoms with Crippen LogP contribution < -0.4 is 10.0 Å². The number of amides is 1. The van der Waals surface area contributed by atoms with Gasteiger partial charge in [0.25, 0.3) is 5.91 Å². The van der Waals surface area contributed by atoms with Gasteiger partial charge in [0.1, 0.15) is 6.04 Å². The number of nitrogens with zero attached hydrogens (tertiary/aromatic N) is 1. The molecule has 0 aliphatic rings. The number of carboxylic acid groups (broad SMARTS) is 1. The minimum Gasteiger partial charge on any atom is -0.480 e. The average Bonchev–Trinajstić information content (AvgIpc) is 3.21. The van der Waals surface area contributed by atoms with E-state index in [1.54, 1.807) is 30.3 Å². The first-order valence-electron chi connectivity index (χ1n) is 8.54. The van der Waals surface area contributed by atoms with E-state index in [0.29, 0.717) is 16.9 Å². The number of rotatable bonds is 8. The molecular formula is C19H18N4O5S. The largest absolute Gasteiger partial charge is 0.480 e. The van der Waals surface area contributed by atoms with Gasteiger partial charge in [-0.3, -0.25) is 9.59 Å². The van der Waals surface area contributed by atoms with Crippen molar-refractivity contribution in [2.75, 3.05) is 5.32 Å². The Balaban J connectivity index is 1.70. The second-order valence-electron chi connectivity index (χ2n) is 6.14. The van der Waals surface area contributed by atoms with Gasteiger partial charge >= 0.3 is 5.97 Å². The molecule has 0 saturated carbocycles. The Hall–Kier alpha value is -3.50. The summed E-state index contributed by atoms with van der Waals surface area (Å²) in [5, 5.41) is 12.0. The quantitative estimate of drug-likeness (QED) is 0.441. The number of aliphatic carboxylic acids is 1. The van der Waals surface area contributed by atoms with Gasteiger partial charge in [0, 0.05) is 29.6 Å². The molecule has 0 saturated heterocycles. The van der Waals surface area contributed by atoms with Crippen LogP contribution in [0.1, 0.15) is 16.1 Å². The number of benzene rings is 2. The highest BCUT2D eigenvalue weighted by molar-refractivity contribution is 7.89. The Morgan fingerprint density at radius 1 is 1.07 bits per heavy atom. The maximum atomic E-state index is 12.5. The van der Waals surface area contributed by atoms with Gasteiger partial charge in [-0.05, 0) is 36.4 Å². The summed E-state index contributed by atoms with van der Waals surface area (Å²) >= 11 is 0. The SMILES string of the molecule is O=C(Nc1ccc(S(=O)(=O)NC(Cc2cnc[nH]2)C(=O)O)cc1)c1ccccc1. The maximum Gasteiger partial charge on any atom is 0.322 e. The molecule has 9 nitrogen and oxygen atoms in total. The minimum atomic E-state index is -4.08. The number of H-pyrrole nitrogens is 1. The Labute approximate surface area is 166 Å². The number of hydrogen-bond acceptors (Lipinski definition) is 5. The molecule has 0 radical (unpaired) electrons. The average molecular weight is 414 g/mol. The molecule has 3 rings (SSSR count). The number of anilines is 1. The van der Waals surface area contributed by atoms with Crippen LogP contribution in [0.5, 0.6) is 0 Å². The first kappa shape index (κ1) is 20.2.